The summed E-state index contributed by atoms with van der Waals surface area (Å²) in [7, 11) is -3.81. The summed E-state index contributed by atoms with van der Waals surface area (Å²) in [5, 5.41) is 0. The molecule has 0 saturated heterocycles. The van der Waals surface area contributed by atoms with Crippen molar-refractivity contribution in [3.8, 4) is 0 Å². The average molecular weight is 379 g/mol. The van der Waals surface area contributed by atoms with Gasteiger partial charge in [0.2, 0.25) is 0 Å². The summed E-state index contributed by atoms with van der Waals surface area (Å²) in [6, 6.07) is 4.76. The molecule has 0 bridgehead atoms. The quantitative estimate of drug-likeness (QED) is 0.883. The van der Waals surface area contributed by atoms with Crippen LogP contribution < -0.4 is 14.9 Å². The number of anilines is 2. The van der Waals surface area contributed by atoms with Crippen molar-refractivity contribution >= 4 is 56.1 Å². The van der Waals surface area contributed by atoms with Crippen molar-refractivity contribution in [2.24, 2.45) is 5.73 Å². The maximum Gasteiger partial charge on any atom is 0.268 e. The molecule has 2 aromatic heterocycles. The van der Waals surface area contributed by atoms with E-state index in [1.807, 2.05) is 4.90 Å². The van der Waals surface area contributed by atoms with Gasteiger partial charge in [-0.25, -0.2) is 17.7 Å². The van der Waals surface area contributed by atoms with Gasteiger partial charge in [-0.05, 0) is 18.2 Å². The molecule has 2 N–H and O–H groups in total. The van der Waals surface area contributed by atoms with E-state index >= 15 is 0 Å². The number of halogens is 2. The molecule has 6 nitrogen and oxygen atoms in total. The third-order valence-corrected chi connectivity index (χ3v) is 6.73. The van der Waals surface area contributed by atoms with Crippen LogP contribution >= 0.6 is 34.5 Å². The fourth-order valence-electron chi connectivity index (χ4n) is 2.28. The highest BCUT2D eigenvalue weighted by molar-refractivity contribution is 7.93. The van der Waals surface area contributed by atoms with E-state index in [0.717, 1.165) is 11.3 Å². The summed E-state index contributed by atoms with van der Waals surface area (Å²) in [6.45, 7) is 1.05. The minimum Gasteiger partial charge on any atom is -0.335 e. The van der Waals surface area contributed by atoms with Crippen molar-refractivity contribution in [2.75, 3.05) is 29.0 Å². The monoisotopic (exact) mass is 378 g/mol. The first kappa shape index (κ1) is 15.8. The summed E-state index contributed by atoms with van der Waals surface area (Å²) < 4.78 is 27.5. The van der Waals surface area contributed by atoms with Crippen molar-refractivity contribution in [1.29, 1.82) is 0 Å². The molecule has 0 unspecified atom stereocenters. The Labute approximate surface area is 142 Å². The molecule has 0 spiro atoms. The van der Waals surface area contributed by atoms with E-state index < -0.39 is 10.0 Å². The zero-order valence-electron chi connectivity index (χ0n) is 11.2. The van der Waals surface area contributed by atoms with Gasteiger partial charge in [0.1, 0.15) is 15.9 Å². The lowest BCUT2D eigenvalue weighted by Gasteiger charge is -2.20. The summed E-state index contributed by atoms with van der Waals surface area (Å²) in [5.74, 6) is 0.592. The molecular formula is C12H12Cl2N4O2S2. The minimum absolute atomic E-state index is 0.00793. The van der Waals surface area contributed by atoms with Gasteiger partial charge in [-0.15, -0.1) is 11.3 Å². The molecule has 0 saturated carbocycles. The van der Waals surface area contributed by atoms with Gasteiger partial charge in [0.05, 0.1) is 10.0 Å². The first-order chi connectivity index (χ1) is 10.4. The topological polar surface area (TPSA) is 79.5 Å². The number of nitrogens with zero attached hydrogens (tertiary/aromatic N) is 3. The highest BCUT2D eigenvalue weighted by Gasteiger charge is 2.37. The number of hydrogen-bond donors (Lipinski definition) is 1. The van der Waals surface area contributed by atoms with Crippen LogP contribution in [-0.2, 0) is 10.0 Å². The van der Waals surface area contributed by atoms with Crippen LogP contribution in [0.2, 0.25) is 8.67 Å². The molecule has 0 radical (unpaired) electrons. The smallest absolute Gasteiger partial charge is 0.268 e. The van der Waals surface area contributed by atoms with Crippen LogP contribution in [0.4, 0.5) is 11.5 Å². The fraction of sp³-hybridized carbons (Fsp3) is 0.250. The van der Waals surface area contributed by atoms with Gasteiger partial charge >= 0.3 is 0 Å². The van der Waals surface area contributed by atoms with Crippen LogP contribution in [0.5, 0.6) is 0 Å². The minimum atomic E-state index is -3.81. The van der Waals surface area contributed by atoms with E-state index in [4.69, 9.17) is 28.9 Å². The molecule has 10 heteroatoms. The zero-order chi connectivity index (χ0) is 15.9. The van der Waals surface area contributed by atoms with Gasteiger partial charge in [-0.2, -0.15) is 0 Å². The molecule has 0 aromatic carbocycles. The van der Waals surface area contributed by atoms with E-state index in [2.05, 4.69) is 4.98 Å². The number of nitrogens with two attached hydrogens (primary N) is 1. The molecule has 0 fully saturated rings. The second kappa shape index (κ2) is 5.86. The molecule has 0 aliphatic carbocycles. The normalized spacial score (nSPS) is 14.5. The maximum absolute atomic E-state index is 12.9. The van der Waals surface area contributed by atoms with Crippen molar-refractivity contribution in [3.63, 3.8) is 0 Å². The van der Waals surface area contributed by atoms with E-state index in [1.165, 1.54) is 10.4 Å². The lowest BCUT2D eigenvalue weighted by atomic mass is 10.4. The van der Waals surface area contributed by atoms with Gasteiger partial charge in [0.15, 0.2) is 5.82 Å². The summed E-state index contributed by atoms with van der Waals surface area (Å²) in [6.07, 6.45) is 1.62. The third kappa shape index (κ3) is 2.55. The van der Waals surface area contributed by atoms with Crippen molar-refractivity contribution in [3.05, 3.63) is 33.1 Å². The Morgan fingerprint density at radius 1 is 1.41 bits per heavy atom. The molecule has 1 aliphatic rings. The maximum atomic E-state index is 12.9. The lowest BCUT2D eigenvalue weighted by molar-refractivity contribution is 0.591. The van der Waals surface area contributed by atoms with Gasteiger partial charge in [0, 0.05) is 19.3 Å². The van der Waals surface area contributed by atoms with Gasteiger partial charge in [0.25, 0.3) is 10.0 Å². The molecule has 2 aromatic rings. The Hall–Kier alpha value is -1.06. The molecule has 1 aliphatic heterocycles. The van der Waals surface area contributed by atoms with Crippen molar-refractivity contribution < 1.29 is 8.42 Å². The molecule has 118 valence electrons. The standard InChI is InChI=1S/C12H12Cl2N4O2S2/c13-10-6-9(11(14)21-10)22(19,20)18-7-17(5-3-15)12-8(18)2-1-4-16-12/h1-2,4,6H,3,5,7,15H2. The van der Waals surface area contributed by atoms with Crippen LogP contribution in [0, 0.1) is 0 Å². The number of aromatic nitrogens is 1. The molecule has 3 rings (SSSR count). The highest BCUT2D eigenvalue weighted by Crippen LogP contribution is 2.41. The fourth-order valence-corrected chi connectivity index (χ4v) is 5.83. The number of fused-ring (bicyclic) bond motifs is 1. The van der Waals surface area contributed by atoms with Crippen LogP contribution in [0.1, 0.15) is 0 Å². The molecular weight excluding hydrogens is 367 g/mol. The van der Waals surface area contributed by atoms with Gasteiger partial charge < -0.3 is 10.6 Å². The number of rotatable bonds is 4. The number of thiophene rings is 1. The molecule has 0 atom stereocenters. The largest absolute Gasteiger partial charge is 0.335 e. The average Bonchev–Trinajstić information content (AvgIpc) is 3.01. The third-order valence-electron chi connectivity index (χ3n) is 3.23. The summed E-state index contributed by atoms with van der Waals surface area (Å²) >= 11 is 12.9. The Balaban J connectivity index is 2.07. The van der Waals surface area contributed by atoms with Gasteiger partial charge in [-0.1, -0.05) is 23.2 Å². The summed E-state index contributed by atoms with van der Waals surface area (Å²) in [5.41, 5.74) is 6.09. The number of sulfonamides is 1. The van der Waals surface area contributed by atoms with Crippen LogP contribution in [0.15, 0.2) is 29.3 Å². The molecule has 3 heterocycles. The SMILES string of the molecule is NCCN1CN(S(=O)(=O)c2cc(Cl)sc2Cl)c2cccnc21. The van der Waals surface area contributed by atoms with E-state index in [-0.39, 0.29) is 15.9 Å². The molecule has 0 amide bonds. The zero-order valence-corrected chi connectivity index (χ0v) is 14.4. The summed E-state index contributed by atoms with van der Waals surface area (Å²) in [4.78, 5) is 6.07. The van der Waals surface area contributed by atoms with Gasteiger partial charge in [-0.3, -0.25) is 0 Å². The second-order valence-electron chi connectivity index (χ2n) is 4.58. The first-order valence-electron chi connectivity index (χ1n) is 6.32. The number of hydrogen-bond acceptors (Lipinski definition) is 6. The van der Waals surface area contributed by atoms with Crippen molar-refractivity contribution in [2.45, 2.75) is 4.90 Å². The van der Waals surface area contributed by atoms with Crippen LogP contribution in [0.3, 0.4) is 0 Å². The Kier molecular flexibility index (Phi) is 4.21. The van der Waals surface area contributed by atoms with E-state index in [1.54, 1.807) is 18.3 Å². The van der Waals surface area contributed by atoms with Crippen LogP contribution in [-0.4, -0.2) is 33.2 Å². The Morgan fingerprint density at radius 3 is 2.82 bits per heavy atom. The van der Waals surface area contributed by atoms with E-state index in [9.17, 15) is 8.42 Å². The molecule has 22 heavy (non-hydrogen) atoms. The van der Waals surface area contributed by atoms with Crippen molar-refractivity contribution in [1.82, 2.24) is 4.98 Å². The highest BCUT2D eigenvalue weighted by atomic mass is 35.5. The Bertz CT molecular complexity index is 809. The Morgan fingerprint density at radius 2 is 2.18 bits per heavy atom. The van der Waals surface area contributed by atoms with E-state index in [0.29, 0.717) is 28.9 Å². The predicted molar refractivity (Wildman–Crippen MR) is 89.5 cm³/mol. The predicted octanol–water partition coefficient (Wildman–Crippen LogP) is 2.38. The lowest BCUT2D eigenvalue weighted by Crippen LogP contribution is -2.37. The first-order valence-corrected chi connectivity index (χ1v) is 9.34. The number of pyridine rings is 1. The second-order valence-corrected chi connectivity index (χ2v) is 8.70. The van der Waals surface area contributed by atoms with Crippen LogP contribution in [0.25, 0.3) is 0 Å².